The van der Waals surface area contributed by atoms with Gasteiger partial charge in [-0.1, -0.05) is 49.6 Å². The minimum absolute atomic E-state index is 0.0130. The first-order valence-electron chi connectivity index (χ1n) is 16.4. The van der Waals surface area contributed by atoms with Crippen molar-refractivity contribution in [2.75, 3.05) is 31.7 Å². The van der Waals surface area contributed by atoms with Gasteiger partial charge < -0.3 is 14.4 Å². The molecule has 2 aromatic rings. The van der Waals surface area contributed by atoms with E-state index >= 15 is 0 Å². The molecule has 2 aliphatic heterocycles. The zero-order valence-electron chi connectivity index (χ0n) is 25.5. The van der Waals surface area contributed by atoms with E-state index in [9.17, 15) is 4.79 Å². The van der Waals surface area contributed by atoms with Crippen molar-refractivity contribution < 1.29 is 14.3 Å². The maximum atomic E-state index is 13.6. The number of carbonyl (C=O) groups excluding carboxylic acids is 1. The largest absolute Gasteiger partial charge is 0.490 e. The van der Waals surface area contributed by atoms with Crippen LogP contribution in [0.4, 0.5) is 5.69 Å². The first kappa shape index (κ1) is 29.6. The highest BCUT2D eigenvalue weighted by molar-refractivity contribution is 7.98. The third-order valence-electron chi connectivity index (χ3n) is 11.0. The number of benzene rings is 2. The number of hydrogen-bond acceptors (Lipinski definition) is 5. The van der Waals surface area contributed by atoms with Crippen LogP contribution < -0.4 is 14.4 Å². The van der Waals surface area contributed by atoms with E-state index in [1.807, 2.05) is 25.3 Å². The maximum Gasteiger partial charge on any atom is 0.261 e. The molecule has 0 saturated heterocycles. The average molecular weight is 621 g/mol. The number of nitrogens with zero attached hydrogens (tertiary/aromatic N) is 1. The number of ether oxygens (including phenoxy) is 2. The van der Waals surface area contributed by atoms with Crippen molar-refractivity contribution in [2.45, 2.75) is 81.5 Å². The summed E-state index contributed by atoms with van der Waals surface area (Å²) in [6.45, 7) is 4.76. The molecule has 5 nitrogen and oxygen atoms in total. The monoisotopic (exact) mass is 620 g/mol. The van der Waals surface area contributed by atoms with E-state index in [0.717, 1.165) is 61.2 Å². The number of fused-ring (bicyclic) bond motifs is 4. The number of nitrogens with one attached hydrogen (secondary N) is 1. The SMILES string of the molecule is CO[C@H]1/C=C\C[C@H](C)[C@H](CC2CC2)SNC(=O)c2ccc3c(c2)N(C[C@@H]2CC[C@H]21)C[C@@]1(CCCc2cc(Cl)ccc21)CO3. The van der Waals surface area contributed by atoms with Crippen LogP contribution in [0.3, 0.4) is 0 Å². The summed E-state index contributed by atoms with van der Waals surface area (Å²) in [5.41, 5.74) is 4.34. The third kappa shape index (κ3) is 6.09. The second-order valence-electron chi connectivity index (χ2n) is 13.9. The number of hydrogen-bond donors (Lipinski definition) is 1. The van der Waals surface area contributed by atoms with E-state index < -0.39 is 0 Å². The number of aryl methyl sites for hydroxylation is 1. The Morgan fingerprint density at radius 3 is 2.84 bits per heavy atom. The quantitative estimate of drug-likeness (QED) is 0.278. The van der Waals surface area contributed by atoms with Gasteiger partial charge in [-0.25, -0.2) is 0 Å². The molecule has 2 heterocycles. The third-order valence-corrected chi connectivity index (χ3v) is 12.5. The normalized spacial score (nSPS) is 33.3. The summed E-state index contributed by atoms with van der Waals surface area (Å²) in [7, 11) is 1.87. The second kappa shape index (κ2) is 12.3. The van der Waals surface area contributed by atoms with Gasteiger partial charge in [0, 0.05) is 41.5 Å². The van der Waals surface area contributed by atoms with Gasteiger partial charge in [-0.15, -0.1) is 0 Å². The number of carbonyl (C=O) groups is 1. The van der Waals surface area contributed by atoms with Gasteiger partial charge >= 0.3 is 0 Å². The number of methoxy groups -OCH3 is 1. The van der Waals surface area contributed by atoms with Crippen LogP contribution in [0.5, 0.6) is 5.75 Å². The first-order chi connectivity index (χ1) is 20.9. The molecule has 0 aromatic heterocycles. The number of rotatable bonds is 3. The fourth-order valence-electron chi connectivity index (χ4n) is 8.03. The zero-order chi connectivity index (χ0) is 29.6. The van der Waals surface area contributed by atoms with Gasteiger partial charge in [-0.05, 0) is 122 Å². The Hall–Kier alpha value is -2.15. The van der Waals surface area contributed by atoms with Crippen molar-refractivity contribution in [1.29, 1.82) is 0 Å². The molecule has 0 radical (unpaired) electrons. The summed E-state index contributed by atoms with van der Waals surface area (Å²) in [5.74, 6) is 3.16. The molecule has 43 heavy (non-hydrogen) atoms. The van der Waals surface area contributed by atoms with Crippen LogP contribution >= 0.6 is 23.5 Å². The van der Waals surface area contributed by atoms with Crippen molar-refractivity contribution in [1.82, 2.24) is 4.72 Å². The van der Waals surface area contributed by atoms with Crippen LogP contribution in [0.2, 0.25) is 5.02 Å². The lowest BCUT2D eigenvalue weighted by molar-refractivity contribution is 0.0131. The summed E-state index contributed by atoms with van der Waals surface area (Å²) >= 11 is 8.08. The van der Waals surface area contributed by atoms with E-state index in [1.165, 1.54) is 43.2 Å². The summed E-state index contributed by atoms with van der Waals surface area (Å²) in [5, 5.41) is 1.20. The number of anilines is 1. The topological polar surface area (TPSA) is 50.8 Å². The Balaban J connectivity index is 1.25. The molecule has 5 aliphatic rings. The van der Waals surface area contributed by atoms with Gasteiger partial charge in [-0.2, -0.15) is 0 Å². The number of allylic oxidation sites excluding steroid dienone is 1. The lowest BCUT2D eigenvalue weighted by Crippen LogP contribution is -2.49. The van der Waals surface area contributed by atoms with Crippen LogP contribution in [-0.4, -0.2) is 44.1 Å². The number of amides is 1. The molecule has 230 valence electrons. The van der Waals surface area contributed by atoms with E-state index in [2.05, 4.69) is 46.9 Å². The van der Waals surface area contributed by atoms with E-state index in [4.69, 9.17) is 21.1 Å². The predicted octanol–water partition coefficient (Wildman–Crippen LogP) is 8.00. The minimum atomic E-state index is -0.123. The fraction of sp³-hybridized carbons (Fsp3) is 0.583. The summed E-state index contributed by atoms with van der Waals surface area (Å²) < 4.78 is 16.1. The highest BCUT2D eigenvalue weighted by Crippen LogP contribution is 2.47. The Labute approximate surface area is 266 Å². The molecule has 7 heteroatoms. The average Bonchev–Trinajstić information content (AvgIpc) is 3.83. The molecule has 6 atom stereocenters. The van der Waals surface area contributed by atoms with E-state index in [0.29, 0.717) is 35.2 Å². The predicted molar refractivity (Wildman–Crippen MR) is 176 cm³/mol. The molecular formula is C36H45ClN2O3S. The highest BCUT2D eigenvalue weighted by atomic mass is 35.5. The van der Waals surface area contributed by atoms with E-state index in [1.54, 1.807) is 11.9 Å². The standard InChI is InChI=1S/C36H45ClN2O3S/c1-23-5-3-7-32(41-2)29-13-10-27(29)20-39-21-36(16-4-6-25-18-28(37)12-14-30(25)36)22-42-33-15-11-26(19-31(33)39)35(40)38-43-34(23)17-24-8-9-24/h3,7,11-12,14-15,18-19,23-24,27,29,32,34H,4-6,8-10,13,16-17,20-22H2,1-2H3,(H,38,40)/b7-3-/t23-,27-,29+,32-,34-,36-/m0/s1. The lowest BCUT2D eigenvalue weighted by Gasteiger charge is -2.46. The van der Waals surface area contributed by atoms with Crippen LogP contribution in [-0.2, 0) is 16.6 Å². The van der Waals surface area contributed by atoms with Gasteiger partial charge in [0.1, 0.15) is 5.75 Å². The first-order valence-corrected chi connectivity index (χ1v) is 17.6. The summed E-state index contributed by atoms with van der Waals surface area (Å²) in [6, 6.07) is 12.5. The van der Waals surface area contributed by atoms with Crippen molar-refractivity contribution >= 4 is 35.1 Å². The Bertz CT molecular complexity index is 1380. The molecule has 1 amide bonds. The Morgan fingerprint density at radius 2 is 2.05 bits per heavy atom. The Morgan fingerprint density at radius 1 is 1.16 bits per heavy atom. The van der Waals surface area contributed by atoms with E-state index in [-0.39, 0.29) is 17.4 Å². The van der Waals surface area contributed by atoms with Crippen molar-refractivity contribution in [2.24, 2.45) is 23.7 Å². The van der Waals surface area contributed by atoms with Gasteiger partial charge in [-0.3, -0.25) is 9.52 Å². The minimum Gasteiger partial charge on any atom is -0.490 e. The molecule has 1 spiro atoms. The maximum absolute atomic E-state index is 13.6. The molecule has 1 N–H and O–H groups in total. The van der Waals surface area contributed by atoms with Gasteiger partial charge in [0.25, 0.3) is 5.91 Å². The molecule has 2 bridgehead atoms. The Kier molecular flexibility index (Phi) is 8.47. The van der Waals surface area contributed by atoms with Gasteiger partial charge in [0.05, 0.1) is 18.4 Å². The van der Waals surface area contributed by atoms with Gasteiger partial charge in [0.2, 0.25) is 0 Å². The zero-order valence-corrected chi connectivity index (χ0v) is 27.1. The van der Waals surface area contributed by atoms with Crippen LogP contribution in [0.25, 0.3) is 0 Å². The van der Waals surface area contributed by atoms with Crippen molar-refractivity contribution in [3.63, 3.8) is 0 Å². The van der Waals surface area contributed by atoms with Crippen LogP contribution in [0.1, 0.15) is 79.8 Å². The number of halogens is 1. The molecule has 2 fully saturated rings. The van der Waals surface area contributed by atoms with Crippen LogP contribution in [0.15, 0.2) is 48.6 Å². The van der Waals surface area contributed by atoms with Crippen molar-refractivity contribution in [3.05, 3.63) is 70.3 Å². The highest BCUT2D eigenvalue weighted by Gasteiger charge is 2.44. The molecule has 3 aliphatic carbocycles. The van der Waals surface area contributed by atoms with Crippen molar-refractivity contribution in [3.8, 4) is 5.75 Å². The molecule has 2 aromatic carbocycles. The molecular weight excluding hydrogens is 576 g/mol. The molecule has 7 rings (SSSR count). The fourth-order valence-corrected chi connectivity index (χ4v) is 9.32. The summed E-state index contributed by atoms with van der Waals surface area (Å²) in [4.78, 5) is 16.1. The summed E-state index contributed by atoms with van der Waals surface area (Å²) in [6.07, 6.45) is 15.3. The molecule has 2 saturated carbocycles. The molecule has 0 unspecified atom stereocenters. The van der Waals surface area contributed by atoms with Gasteiger partial charge in [0.15, 0.2) is 0 Å². The lowest BCUT2D eigenvalue weighted by atomic mass is 9.68. The smallest absolute Gasteiger partial charge is 0.261 e. The second-order valence-corrected chi connectivity index (χ2v) is 15.4. The van der Waals surface area contributed by atoms with Crippen LogP contribution in [0, 0.1) is 23.7 Å².